The zero-order valence-electron chi connectivity index (χ0n) is 34.4. The fraction of sp³-hybridized carbons (Fsp3) is 0.191. The Balaban J connectivity index is 0.000000239. The van der Waals surface area contributed by atoms with Crippen LogP contribution in [-0.4, -0.2) is 58.2 Å². The van der Waals surface area contributed by atoms with Crippen LogP contribution < -0.4 is 20.1 Å². The van der Waals surface area contributed by atoms with Crippen LogP contribution in [0.15, 0.2) is 121 Å². The zero-order valence-corrected chi connectivity index (χ0v) is 35.1. The van der Waals surface area contributed by atoms with E-state index in [0.29, 0.717) is 27.6 Å². The van der Waals surface area contributed by atoms with Gasteiger partial charge in [0.15, 0.2) is 0 Å². The van der Waals surface area contributed by atoms with Gasteiger partial charge in [0, 0.05) is 16.1 Å². The highest BCUT2D eigenvalue weighted by atomic mass is 35.5. The number of aryl methyl sites for hydroxylation is 2. The molecule has 16 heteroatoms. The molecular weight excluding hydrogens is 841 g/mol. The molecule has 0 spiro atoms. The van der Waals surface area contributed by atoms with Crippen LogP contribution >= 0.6 is 11.6 Å². The molecule has 2 aromatic heterocycles. The molecule has 4 N–H and O–H groups in total. The number of carboxylic acid groups (broad SMARTS) is 2. The number of nitrogens with zero attached hydrogens (tertiary/aromatic N) is 2. The maximum absolute atomic E-state index is 13.0. The van der Waals surface area contributed by atoms with Crippen molar-refractivity contribution in [2.24, 2.45) is 0 Å². The van der Waals surface area contributed by atoms with E-state index in [4.69, 9.17) is 21.1 Å². The molecule has 0 aliphatic heterocycles. The average Bonchev–Trinajstić information content (AvgIpc) is 3.25. The second-order valence-corrected chi connectivity index (χ2v) is 14.5. The molecule has 326 valence electrons. The third-order valence-electron chi connectivity index (χ3n) is 9.70. The van der Waals surface area contributed by atoms with Gasteiger partial charge in [0.25, 0.3) is 11.8 Å². The molecule has 63 heavy (non-hydrogen) atoms. The zero-order chi connectivity index (χ0) is 45.8. The van der Waals surface area contributed by atoms with E-state index in [0.717, 1.165) is 28.8 Å². The van der Waals surface area contributed by atoms with Gasteiger partial charge >= 0.3 is 18.1 Å². The number of hydrogen-bond donors (Lipinski definition) is 4. The number of hydrogen-bond acceptors (Lipinski definition) is 8. The molecule has 2 heterocycles. The molecule has 0 radical (unpaired) electrons. The molecule has 0 aliphatic rings. The van der Waals surface area contributed by atoms with E-state index in [1.165, 1.54) is 38.5 Å². The molecule has 6 aromatic rings. The lowest BCUT2D eigenvalue weighted by molar-refractivity contribution is -0.138. The lowest BCUT2D eigenvalue weighted by Crippen LogP contribution is -2.31. The van der Waals surface area contributed by atoms with E-state index in [2.05, 4.69) is 20.6 Å². The van der Waals surface area contributed by atoms with Crippen molar-refractivity contribution < 1.29 is 52.0 Å². The number of amides is 2. The van der Waals surface area contributed by atoms with Crippen molar-refractivity contribution in [2.45, 2.75) is 44.9 Å². The fourth-order valence-corrected chi connectivity index (χ4v) is 6.79. The van der Waals surface area contributed by atoms with Crippen molar-refractivity contribution in [1.29, 1.82) is 0 Å². The van der Waals surface area contributed by atoms with Crippen molar-refractivity contribution in [2.75, 3.05) is 14.2 Å². The van der Waals surface area contributed by atoms with Crippen molar-refractivity contribution >= 4 is 35.4 Å². The molecule has 4 aromatic carbocycles. The predicted octanol–water partition coefficient (Wildman–Crippen LogP) is 9.70. The molecular formula is C47H42ClF3N4O8. The number of nitrogens with one attached hydrogen (secondary N) is 2. The van der Waals surface area contributed by atoms with Crippen LogP contribution in [0.4, 0.5) is 13.2 Å². The summed E-state index contributed by atoms with van der Waals surface area (Å²) in [5.74, 6) is -2.66. The lowest BCUT2D eigenvalue weighted by atomic mass is 9.98. The van der Waals surface area contributed by atoms with Crippen LogP contribution in [-0.2, 0) is 15.8 Å². The van der Waals surface area contributed by atoms with Crippen LogP contribution in [0.1, 0.15) is 73.7 Å². The van der Waals surface area contributed by atoms with Crippen molar-refractivity contribution in [3.8, 4) is 34.0 Å². The molecule has 0 aliphatic carbocycles. The second-order valence-electron chi connectivity index (χ2n) is 14.0. The molecule has 2 atom stereocenters. The number of aliphatic carboxylic acids is 2. The Morgan fingerprint density at radius 1 is 0.619 bits per heavy atom. The summed E-state index contributed by atoms with van der Waals surface area (Å²) in [6.07, 6.45) is -5.10. The van der Waals surface area contributed by atoms with Gasteiger partial charge < -0.3 is 30.3 Å². The summed E-state index contributed by atoms with van der Waals surface area (Å²) < 4.78 is 49.5. The summed E-state index contributed by atoms with van der Waals surface area (Å²) in [5, 5.41) is 24.6. The molecule has 6 rings (SSSR count). The first-order valence-corrected chi connectivity index (χ1v) is 19.6. The maximum atomic E-state index is 13.0. The first-order valence-electron chi connectivity index (χ1n) is 19.2. The third-order valence-corrected chi connectivity index (χ3v) is 9.94. The summed E-state index contributed by atoms with van der Waals surface area (Å²) >= 11 is 6.02. The number of rotatable bonds is 14. The van der Waals surface area contributed by atoms with Gasteiger partial charge in [-0.05, 0) is 96.8 Å². The predicted molar refractivity (Wildman–Crippen MR) is 230 cm³/mol. The van der Waals surface area contributed by atoms with Gasteiger partial charge in [-0.25, -0.2) is 9.97 Å². The summed E-state index contributed by atoms with van der Waals surface area (Å²) in [4.78, 5) is 57.2. The summed E-state index contributed by atoms with van der Waals surface area (Å²) in [6, 6.07) is 30.7. The van der Waals surface area contributed by atoms with Gasteiger partial charge in [0.1, 0.15) is 22.9 Å². The number of carboxylic acids is 2. The van der Waals surface area contributed by atoms with E-state index in [1.807, 2.05) is 44.2 Å². The lowest BCUT2D eigenvalue weighted by Gasteiger charge is -2.19. The normalized spacial score (nSPS) is 11.9. The highest BCUT2D eigenvalue weighted by molar-refractivity contribution is 6.30. The van der Waals surface area contributed by atoms with Crippen LogP contribution in [0.5, 0.6) is 11.5 Å². The number of benzene rings is 4. The fourth-order valence-electron chi connectivity index (χ4n) is 6.62. The summed E-state index contributed by atoms with van der Waals surface area (Å²) in [7, 11) is 2.78. The number of carbonyl (C=O) groups excluding carboxylic acids is 2. The minimum Gasteiger partial charge on any atom is -0.496 e. The number of aromatic nitrogens is 2. The van der Waals surface area contributed by atoms with Gasteiger partial charge in [0.05, 0.1) is 56.1 Å². The number of pyridine rings is 2. The van der Waals surface area contributed by atoms with E-state index in [9.17, 15) is 42.6 Å². The SMILES string of the molecule is COc1cc(C(F)(F)F)ccc1-c1cccc(C(=O)N[C@@H](CC(=O)O)c2ccccc2C)n1.COc1cc(Cl)ccc1-c1cccc(C(=O)N[C@@H](CC(=O)O)c2ccccc2C)n1. The Labute approximate surface area is 365 Å². The Morgan fingerprint density at radius 3 is 1.46 bits per heavy atom. The monoisotopic (exact) mass is 882 g/mol. The summed E-state index contributed by atoms with van der Waals surface area (Å²) in [5.41, 5.74) is 4.17. The van der Waals surface area contributed by atoms with Gasteiger partial charge in [-0.2, -0.15) is 13.2 Å². The van der Waals surface area contributed by atoms with Gasteiger partial charge in [-0.3, -0.25) is 19.2 Å². The Kier molecular flexibility index (Phi) is 15.6. The maximum Gasteiger partial charge on any atom is 0.416 e. The quantitative estimate of drug-likeness (QED) is 0.0824. The molecule has 2 amide bonds. The van der Waals surface area contributed by atoms with E-state index in [1.54, 1.807) is 54.6 Å². The average molecular weight is 883 g/mol. The van der Waals surface area contributed by atoms with Crippen molar-refractivity contribution in [3.63, 3.8) is 0 Å². The van der Waals surface area contributed by atoms with Gasteiger partial charge in [-0.1, -0.05) is 72.3 Å². The van der Waals surface area contributed by atoms with Crippen LogP contribution in [0.25, 0.3) is 22.5 Å². The van der Waals surface area contributed by atoms with Gasteiger partial charge in [-0.15, -0.1) is 0 Å². The van der Waals surface area contributed by atoms with E-state index >= 15 is 0 Å². The van der Waals surface area contributed by atoms with Gasteiger partial charge in [0.2, 0.25) is 0 Å². The Morgan fingerprint density at radius 2 is 1.05 bits per heavy atom. The largest absolute Gasteiger partial charge is 0.496 e. The van der Waals surface area contributed by atoms with Crippen molar-refractivity contribution in [3.05, 3.63) is 166 Å². The highest BCUT2D eigenvalue weighted by Gasteiger charge is 2.32. The molecule has 0 unspecified atom stereocenters. The molecule has 0 saturated carbocycles. The smallest absolute Gasteiger partial charge is 0.416 e. The molecule has 0 fully saturated rings. The molecule has 0 bridgehead atoms. The van der Waals surface area contributed by atoms with Crippen LogP contribution in [0, 0.1) is 13.8 Å². The second kappa shape index (κ2) is 21.0. The number of carbonyl (C=O) groups is 4. The number of ether oxygens (including phenoxy) is 2. The first-order chi connectivity index (χ1) is 30.0. The minimum atomic E-state index is -4.53. The van der Waals surface area contributed by atoms with Crippen molar-refractivity contribution in [1.82, 2.24) is 20.6 Å². The standard InChI is InChI=1S/C24H21F3N2O4.C23H21ClN2O4/c1-14-6-3-4-7-16(14)20(13-22(30)31)29-23(32)19-9-5-8-18(28-19)17-11-10-15(24(25,26)27)12-21(17)33-2;1-14-6-3-4-7-16(14)20(13-22(27)28)26-23(29)19-9-5-8-18(25-19)17-11-10-15(24)12-21(17)30-2/h3-12,20H,13H2,1-2H3,(H,29,32)(H,30,31);3-12,20H,13H2,1-2H3,(H,26,29)(H,27,28)/t2*20-/m00/s1. The van der Waals surface area contributed by atoms with Crippen LogP contribution in [0.3, 0.4) is 0 Å². The Bertz CT molecular complexity index is 2620. The molecule has 12 nitrogen and oxygen atoms in total. The minimum absolute atomic E-state index is 0.0153. The highest BCUT2D eigenvalue weighted by Crippen LogP contribution is 2.37. The number of alkyl halides is 3. The third kappa shape index (κ3) is 12.4. The van der Waals surface area contributed by atoms with Crippen LogP contribution in [0.2, 0.25) is 5.02 Å². The number of halogens is 4. The Hall–Kier alpha value is -7.26. The molecule has 0 saturated heterocycles. The van der Waals surface area contributed by atoms with E-state index < -0.39 is 47.6 Å². The topological polar surface area (TPSA) is 177 Å². The first kappa shape index (κ1) is 46.8. The van der Waals surface area contributed by atoms with E-state index in [-0.39, 0.29) is 41.2 Å². The number of methoxy groups -OCH3 is 2. The summed E-state index contributed by atoms with van der Waals surface area (Å²) in [6.45, 7) is 3.69.